The lowest BCUT2D eigenvalue weighted by molar-refractivity contribution is -0.117. The molecule has 1 aliphatic rings. The lowest BCUT2D eigenvalue weighted by Gasteiger charge is -2.11. The summed E-state index contributed by atoms with van der Waals surface area (Å²) in [6, 6.07) is 11.1. The first kappa shape index (κ1) is 14.0. The van der Waals surface area contributed by atoms with Crippen LogP contribution in [-0.2, 0) is 11.2 Å². The second kappa shape index (κ2) is 5.11. The Morgan fingerprint density at radius 1 is 1.19 bits per heavy atom. The third kappa shape index (κ3) is 2.40. The largest absolute Gasteiger partial charge is 0.315 e. The normalized spacial score (nSPS) is 13.5. The molecule has 21 heavy (non-hydrogen) atoms. The minimum atomic E-state index is -0.00944. The average Bonchev–Trinajstić information content (AvgIpc) is 2.73. The number of benzene rings is 2. The van der Waals surface area contributed by atoms with Crippen LogP contribution in [0.4, 0.5) is 5.69 Å². The Kier molecular flexibility index (Phi) is 3.41. The van der Waals surface area contributed by atoms with Crippen molar-refractivity contribution in [3.8, 4) is 0 Å². The smallest absolute Gasteiger partial charge is 0.231 e. The van der Waals surface area contributed by atoms with E-state index in [4.69, 9.17) is 0 Å². The molecule has 0 spiro atoms. The van der Waals surface area contributed by atoms with Crippen LogP contribution in [0.3, 0.4) is 0 Å². The molecule has 1 aliphatic heterocycles. The molecule has 106 valence electrons. The number of rotatable bonds is 2. The summed E-state index contributed by atoms with van der Waals surface area (Å²) in [4.78, 5) is 26.0. The maximum atomic E-state index is 12.6. The molecule has 2 aromatic rings. The molecule has 3 rings (SSSR count). The summed E-state index contributed by atoms with van der Waals surface area (Å²) in [6.07, 6.45) is 0.367. The Balaban J connectivity index is 2.00. The quantitative estimate of drug-likeness (QED) is 0.782. The predicted molar refractivity (Wildman–Crippen MR) is 85.9 cm³/mol. The van der Waals surface area contributed by atoms with Crippen LogP contribution in [0.25, 0.3) is 0 Å². The van der Waals surface area contributed by atoms with Crippen molar-refractivity contribution >= 4 is 33.3 Å². The van der Waals surface area contributed by atoms with Crippen LogP contribution in [0.5, 0.6) is 0 Å². The summed E-state index contributed by atoms with van der Waals surface area (Å²) < 4.78 is 0.956. The third-order valence-corrected chi connectivity index (χ3v) is 4.35. The minimum absolute atomic E-state index is 0.00944. The van der Waals surface area contributed by atoms with Crippen LogP contribution >= 0.6 is 15.9 Å². The van der Waals surface area contributed by atoms with Gasteiger partial charge in [0.2, 0.25) is 5.91 Å². The SMILES string of the molecule is Cc1cc(Br)ccc1C(=O)c1ccc2c(c1)CC(=O)N2C. The molecule has 0 aliphatic carbocycles. The van der Waals surface area contributed by atoms with E-state index >= 15 is 0 Å². The van der Waals surface area contributed by atoms with E-state index in [1.54, 1.807) is 18.0 Å². The van der Waals surface area contributed by atoms with Crippen molar-refractivity contribution in [2.24, 2.45) is 0 Å². The summed E-state index contributed by atoms with van der Waals surface area (Å²) in [6.45, 7) is 1.92. The standard InChI is InChI=1S/C17H14BrNO2/c1-10-7-13(18)4-5-14(10)17(21)11-3-6-15-12(8-11)9-16(20)19(15)2/h3-8H,9H2,1-2H3. The van der Waals surface area contributed by atoms with Gasteiger partial charge < -0.3 is 4.90 Å². The number of carbonyl (C=O) groups excluding carboxylic acids is 2. The van der Waals surface area contributed by atoms with Gasteiger partial charge in [-0.05, 0) is 54.4 Å². The van der Waals surface area contributed by atoms with Gasteiger partial charge in [0.1, 0.15) is 0 Å². The van der Waals surface area contributed by atoms with Crippen LogP contribution in [0.15, 0.2) is 40.9 Å². The van der Waals surface area contributed by atoms with Crippen LogP contribution in [0.2, 0.25) is 0 Å². The van der Waals surface area contributed by atoms with Gasteiger partial charge in [-0.3, -0.25) is 9.59 Å². The van der Waals surface area contributed by atoms with Gasteiger partial charge in [-0.2, -0.15) is 0 Å². The van der Waals surface area contributed by atoms with Crippen molar-refractivity contribution in [3.05, 3.63) is 63.1 Å². The summed E-state index contributed by atoms with van der Waals surface area (Å²) in [5, 5.41) is 0. The first-order valence-corrected chi connectivity index (χ1v) is 7.47. The molecule has 0 radical (unpaired) electrons. The molecule has 0 fully saturated rings. The summed E-state index contributed by atoms with van der Waals surface area (Å²) in [5.41, 5.74) is 4.06. The van der Waals surface area contributed by atoms with Crippen molar-refractivity contribution in [2.75, 3.05) is 11.9 Å². The topological polar surface area (TPSA) is 37.4 Å². The Bertz CT molecular complexity index is 767. The highest BCUT2D eigenvalue weighted by Crippen LogP contribution is 2.29. The van der Waals surface area contributed by atoms with Gasteiger partial charge >= 0.3 is 0 Å². The zero-order valence-electron chi connectivity index (χ0n) is 11.8. The van der Waals surface area contributed by atoms with E-state index in [2.05, 4.69) is 15.9 Å². The Labute approximate surface area is 131 Å². The number of fused-ring (bicyclic) bond motifs is 1. The lowest BCUT2D eigenvalue weighted by Crippen LogP contribution is -2.20. The number of nitrogens with zero attached hydrogens (tertiary/aromatic N) is 1. The molecule has 1 heterocycles. The molecular formula is C17H14BrNO2. The predicted octanol–water partition coefficient (Wildman–Crippen LogP) is 3.51. The van der Waals surface area contributed by atoms with Crippen LogP contribution in [0, 0.1) is 6.92 Å². The number of hydrogen-bond donors (Lipinski definition) is 0. The van der Waals surface area contributed by atoms with Crippen LogP contribution < -0.4 is 4.90 Å². The lowest BCUT2D eigenvalue weighted by atomic mass is 9.97. The van der Waals surface area contributed by atoms with Gasteiger partial charge in [-0.1, -0.05) is 15.9 Å². The fourth-order valence-electron chi connectivity index (χ4n) is 2.65. The van der Waals surface area contributed by atoms with E-state index < -0.39 is 0 Å². The van der Waals surface area contributed by atoms with E-state index in [0.717, 1.165) is 21.3 Å². The highest BCUT2D eigenvalue weighted by molar-refractivity contribution is 9.10. The number of aryl methyl sites for hydroxylation is 1. The van der Waals surface area contributed by atoms with E-state index in [9.17, 15) is 9.59 Å². The highest BCUT2D eigenvalue weighted by Gasteiger charge is 2.25. The second-order valence-electron chi connectivity index (χ2n) is 5.26. The number of carbonyl (C=O) groups is 2. The van der Waals surface area contributed by atoms with Crippen molar-refractivity contribution < 1.29 is 9.59 Å². The average molecular weight is 344 g/mol. The molecule has 0 saturated heterocycles. The molecule has 0 bridgehead atoms. The fraction of sp³-hybridized carbons (Fsp3) is 0.176. The Morgan fingerprint density at radius 2 is 1.95 bits per heavy atom. The molecule has 2 aromatic carbocycles. The highest BCUT2D eigenvalue weighted by atomic mass is 79.9. The first-order valence-electron chi connectivity index (χ1n) is 6.67. The number of ketones is 1. The van der Waals surface area contributed by atoms with Gasteiger partial charge in [-0.25, -0.2) is 0 Å². The zero-order chi connectivity index (χ0) is 15.1. The maximum absolute atomic E-state index is 12.6. The van der Waals surface area contributed by atoms with Crippen LogP contribution in [0.1, 0.15) is 27.0 Å². The van der Waals surface area contributed by atoms with E-state index in [1.165, 1.54) is 0 Å². The van der Waals surface area contributed by atoms with Crippen molar-refractivity contribution in [1.82, 2.24) is 0 Å². The third-order valence-electron chi connectivity index (χ3n) is 3.85. The van der Waals surface area contributed by atoms with E-state index in [1.807, 2.05) is 37.3 Å². The van der Waals surface area contributed by atoms with Crippen LogP contribution in [-0.4, -0.2) is 18.7 Å². The molecule has 0 N–H and O–H groups in total. The molecule has 4 heteroatoms. The van der Waals surface area contributed by atoms with Crippen molar-refractivity contribution in [1.29, 1.82) is 0 Å². The first-order chi connectivity index (χ1) is 9.97. The van der Waals surface area contributed by atoms with Crippen molar-refractivity contribution in [3.63, 3.8) is 0 Å². The van der Waals surface area contributed by atoms with Gasteiger partial charge in [0, 0.05) is 28.3 Å². The summed E-state index contributed by atoms with van der Waals surface area (Å²) in [7, 11) is 1.76. The molecule has 3 nitrogen and oxygen atoms in total. The molecule has 0 saturated carbocycles. The molecule has 1 amide bonds. The molecule has 0 atom stereocenters. The van der Waals surface area contributed by atoms with Gasteiger partial charge in [0.05, 0.1) is 6.42 Å². The van der Waals surface area contributed by atoms with Gasteiger partial charge in [0.15, 0.2) is 5.78 Å². The fourth-order valence-corrected chi connectivity index (χ4v) is 3.12. The van der Waals surface area contributed by atoms with Crippen molar-refractivity contribution in [2.45, 2.75) is 13.3 Å². The Hall–Kier alpha value is -1.94. The molecule has 0 unspecified atom stereocenters. The minimum Gasteiger partial charge on any atom is -0.315 e. The molecule has 0 aromatic heterocycles. The number of likely N-dealkylation sites (N-methyl/N-ethyl adjacent to an activating group) is 1. The number of amides is 1. The molecular weight excluding hydrogens is 330 g/mol. The Morgan fingerprint density at radius 3 is 2.67 bits per heavy atom. The monoisotopic (exact) mass is 343 g/mol. The van der Waals surface area contributed by atoms with E-state index in [-0.39, 0.29) is 11.7 Å². The second-order valence-corrected chi connectivity index (χ2v) is 6.18. The number of halogens is 1. The van der Waals surface area contributed by atoms with Gasteiger partial charge in [-0.15, -0.1) is 0 Å². The number of hydrogen-bond acceptors (Lipinski definition) is 2. The van der Waals surface area contributed by atoms with Gasteiger partial charge in [0.25, 0.3) is 0 Å². The number of anilines is 1. The summed E-state index contributed by atoms with van der Waals surface area (Å²) >= 11 is 3.40. The summed E-state index contributed by atoms with van der Waals surface area (Å²) in [5.74, 6) is 0.0548. The zero-order valence-corrected chi connectivity index (χ0v) is 13.4. The maximum Gasteiger partial charge on any atom is 0.231 e. The van der Waals surface area contributed by atoms with E-state index in [0.29, 0.717) is 17.5 Å².